The molecule has 0 saturated carbocycles. The van der Waals surface area contributed by atoms with E-state index in [9.17, 15) is 4.79 Å². The molecule has 10 heavy (non-hydrogen) atoms. The molecule has 2 heteroatoms. The number of allylic oxidation sites excluding steroid dienone is 3. The Hall–Kier alpha value is -0.890. The minimum Gasteiger partial charge on any atom is -0.388 e. The molecule has 1 aliphatic rings. The lowest BCUT2D eigenvalue weighted by Gasteiger charge is -2.04. The van der Waals surface area contributed by atoms with Gasteiger partial charge in [0.15, 0.2) is 5.78 Å². The van der Waals surface area contributed by atoms with Crippen LogP contribution in [0.3, 0.4) is 0 Å². The fourth-order valence-electron chi connectivity index (χ4n) is 0.937. The van der Waals surface area contributed by atoms with E-state index in [1.807, 2.05) is 12.2 Å². The molecule has 0 fully saturated rings. The van der Waals surface area contributed by atoms with Crippen LogP contribution in [0.5, 0.6) is 0 Å². The normalized spacial score (nSPS) is 16.7. The summed E-state index contributed by atoms with van der Waals surface area (Å²) in [4.78, 5) is 10.8. The molecule has 54 valence electrons. The maximum absolute atomic E-state index is 10.8. The van der Waals surface area contributed by atoms with Crippen LogP contribution in [0.2, 0.25) is 0 Å². The van der Waals surface area contributed by atoms with Gasteiger partial charge in [-0.2, -0.15) is 0 Å². The largest absolute Gasteiger partial charge is 0.388 e. The quantitative estimate of drug-likeness (QED) is 0.613. The summed E-state index contributed by atoms with van der Waals surface area (Å²) < 4.78 is 0. The van der Waals surface area contributed by atoms with Gasteiger partial charge in [-0.15, -0.1) is 0 Å². The highest BCUT2D eigenvalue weighted by molar-refractivity contribution is 5.96. The second-order valence-electron chi connectivity index (χ2n) is 2.24. The van der Waals surface area contributed by atoms with E-state index in [1.165, 1.54) is 0 Å². The van der Waals surface area contributed by atoms with Crippen LogP contribution in [0, 0.1) is 0 Å². The van der Waals surface area contributed by atoms with E-state index in [-0.39, 0.29) is 12.4 Å². The lowest BCUT2D eigenvalue weighted by atomic mass is 10.0. The smallest absolute Gasteiger partial charge is 0.184 e. The Morgan fingerprint density at radius 3 is 3.00 bits per heavy atom. The third-order valence-electron chi connectivity index (χ3n) is 1.52. The lowest BCUT2D eigenvalue weighted by Crippen LogP contribution is -2.08. The molecule has 0 bridgehead atoms. The number of aliphatic hydroxyl groups excluding tert-OH is 1. The third kappa shape index (κ3) is 1.54. The van der Waals surface area contributed by atoms with Crippen molar-refractivity contribution in [3.05, 3.63) is 23.8 Å². The van der Waals surface area contributed by atoms with E-state index < -0.39 is 0 Å². The van der Waals surface area contributed by atoms with Crippen molar-refractivity contribution in [3.8, 4) is 0 Å². The van der Waals surface area contributed by atoms with Crippen molar-refractivity contribution in [2.24, 2.45) is 0 Å². The van der Waals surface area contributed by atoms with Gasteiger partial charge in [-0.25, -0.2) is 0 Å². The first-order valence-electron chi connectivity index (χ1n) is 3.34. The highest BCUT2D eigenvalue weighted by Crippen LogP contribution is 2.11. The Morgan fingerprint density at radius 2 is 2.50 bits per heavy atom. The summed E-state index contributed by atoms with van der Waals surface area (Å²) in [6.45, 7) is -0.361. The van der Waals surface area contributed by atoms with Crippen molar-refractivity contribution in [2.45, 2.75) is 12.8 Å². The van der Waals surface area contributed by atoms with Crippen molar-refractivity contribution in [3.63, 3.8) is 0 Å². The summed E-state index contributed by atoms with van der Waals surface area (Å²) in [5, 5.41) is 8.47. The zero-order valence-corrected chi connectivity index (χ0v) is 5.71. The Labute approximate surface area is 59.9 Å². The van der Waals surface area contributed by atoms with E-state index in [4.69, 9.17) is 5.11 Å². The van der Waals surface area contributed by atoms with Gasteiger partial charge in [-0.05, 0) is 18.4 Å². The van der Waals surface area contributed by atoms with Crippen molar-refractivity contribution in [1.29, 1.82) is 0 Å². The molecule has 0 radical (unpaired) electrons. The lowest BCUT2D eigenvalue weighted by molar-refractivity contribution is -0.118. The van der Waals surface area contributed by atoms with Crippen molar-refractivity contribution < 1.29 is 9.90 Å². The first-order valence-corrected chi connectivity index (χ1v) is 3.34. The molecule has 2 nitrogen and oxygen atoms in total. The molecule has 0 heterocycles. The van der Waals surface area contributed by atoms with Gasteiger partial charge >= 0.3 is 0 Å². The zero-order chi connectivity index (χ0) is 7.40. The molecule has 0 aromatic carbocycles. The van der Waals surface area contributed by atoms with Crippen LogP contribution in [0.1, 0.15) is 12.8 Å². The summed E-state index contributed by atoms with van der Waals surface area (Å²) in [5.74, 6) is -0.149. The van der Waals surface area contributed by atoms with E-state index >= 15 is 0 Å². The number of carbonyl (C=O) groups excluding carboxylic acids is 1. The predicted molar refractivity (Wildman–Crippen MR) is 38.5 cm³/mol. The summed E-state index contributed by atoms with van der Waals surface area (Å²) >= 11 is 0. The highest BCUT2D eigenvalue weighted by atomic mass is 16.3. The van der Waals surface area contributed by atoms with Gasteiger partial charge in [0.1, 0.15) is 6.61 Å². The van der Waals surface area contributed by atoms with Crippen LogP contribution < -0.4 is 0 Å². The first kappa shape index (κ1) is 7.22. The maximum atomic E-state index is 10.8. The van der Waals surface area contributed by atoms with E-state index in [1.54, 1.807) is 6.08 Å². The average Bonchev–Trinajstić information content (AvgIpc) is 2.05. The highest BCUT2D eigenvalue weighted by Gasteiger charge is 2.07. The molecule has 0 aromatic heterocycles. The number of rotatable bonds is 2. The molecule has 1 aliphatic carbocycles. The summed E-state index contributed by atoms with van der Waals surface area (Å²) in [5.41, 5.74) is 0.741. The average molecular weight is 138 g/mol. The molecule has 0 atom stereocenters. The molecule has 0 unspecified atom stereocenters. The number of hydrogen-bond acceptors (Lipinski definition) is 2. The van der Waals surface area contributed by atoms with E-state index in [0.717, 1.165) is 18.4 Å². The summed E-state index contributed by atoms with van der Waals surface area (Å²) in [6, 6.07) is 0. The number of Topliss-reactive ketones (excluding diaryl/α,β-unsaturated/α-hetero) is 1. The van der Waals surface area contributed by atoms with E-state index in [2.05, 4.69) is 0 Å². The minimum absolute atomic E-state index is 0.149. The van der Waals surface area contributed by atoms with Crippen LogP contribution in [-0.4, -0.2) is 17.5 Å². The van der Waals surface area contributed by atoms with E-state index in [0.29, 0.717) is 0 Å². The predicted octanol–water partition coefficient (Wildman–Crippen LogP) is 0.824. The van der Waals surface area contributed by atoms with Gasteiger partial charge in [0.05, 0.1) is 0 Å². The zero-order valence-electron chi connectivity index (χ0n) is 5.71. The molecule has 0 aromatic rings. The van der Waals surface area contributed by atoms with Crippen LogP contribution in [0.15, 0.2) is 23.8 Å². The molecule has 0 amide bonds. The standard InChI is InChI=1S/C8H10O2/c9-6-8(10)7-4-2-1-3-5-7/h1-2,4,9H,3,5-6H2. The molecule has 1 N–H and O–H groups in total. The topological polar surface area (TPSA) is 37.3 Å². The number of aliphatic hydroxyl groups is 1. The first-order chi connectivity index (χ1) is 4.84. The van der Waals surface area contributed by atoms with Crippen LogP contribution in [0.4, 0.5) is 0 Å². The van der Waals surface area contributed by atoms with Gasteiger partial charge in [0, 0.05) is 0 Å². The Kier molecular flexibility index (Phi) is 2.40. The fraction of sp³-hybridized carbons (Fsp3) is 0.375. The molecule has 0 spiro atoms. The summed E-state index contributed by atoms with van der Waals surface area (Å²) in [7, 11) is 0. The van der Waals surface area contributed by atoms with Crippen LogP contribution in [0.25, 0.3) is 0 Å². The monoisotopic (exact) mass is 138 g/mol. The second-order valence-corrected chi connectivity index (χ2v) is 2.24. The SMILES string of the molecule is O=C(CO)C1=CC=CCC1. The molecular formula is C8H10O2. The fourth-order valence-corrected chi connectivity index (χ4v) is 0.937. The van der Waals surface area contributed by atoms with Crippen molar-refractivity contribution in [1.82, 2.24) is 0 Å². The Balaban J connectivity index is 2.62. The maximum Gasteiger partial charge on any atom is 0.184 e. The molecule has 0 saturated heterocycles. The number of carbonyl (C=O) groups is 1. The Morgan fingerprint density at radius 1 is 1.70 bits per heavy atom. The molecule has 1 rings (SSSR count). The second kappa shape index (κ2) is 3.32. The Bertz CT molecular complexity index is 189. The number of hydrogen-bond donors (Lipinski definition) is 1. The van der Waals surface area contributed by atoms with Crippen LogP contribution in [-0.2, 0) is 4.79 Å². The van der Waals surface area contributed by atoms with Crippen molar-refractivity contribution >= 4 is 5.78 Å². The number of ketones is 1. The van der Waals surface area contributed by atoms with Gasteiger partial charge in [0.25, 0.3) is 0 Å². The molecule has 0 aliphatic heterocycles. The minimum atomic E-state index is -0.361. The van der Waals surface area contributed by atoms with Gasteiger partial charge in [0.2, 0.25) is 0 Å². The summed E-state index contributed by atoms with van der Waals surface area (Å²) in [6.07, 6.45) is 7.32. The van der Waals surface area contributed by atoms with Gasteiger partial charge < -0.3 is 5.11 Å². The van der Waals surface area contributed by atoms with Gasteiger partial charge in [-0.1, -0.05) is 18.2 Å². The third-order valence-corrected chi connectivity index (χ3v) is 1.52. The van der Waals surface area contributed by atoms with Crippen LogP contribution >= 0.6 is 0 Å². The van der Waals surface area contributed by atoms with Gasteiger partial charge in [-0.3, -0.25) is 4.79 Å². The van der Waals surface area contributed by atoms with Crippen molar-refractivity contribution in [2.75, 3.05) is 6.61 Å². The molecular weight excluding hydrogens is 128 g/mol.